The fraction of sp³-hybridized carbons (Fsp3) is 0. The van der Waals surface area contributed by atoms with Crippen LogP contribution in [0.2, 0.25) is 0 Å². The molecule has 0 saturated heterocycles. The average molecular weight is 211 g/mol. The highest BCUT2D eigenvalue weighted by molar-refractivity contribution is 5.85. The molecule has 0 aliphatic rings. The largest absolute Gasteiger partial charge is 0.355 e. The standard InChI is InChI=1S/C14H10FN/c15-12-7-5-10(6-8-12)14-9-11-3-1-2-4-13(11)16-14/h1-9,16H. The molecule has 0 bridgehead atoms. The van der Waals surface area contributed by atoms with Gasteiger partial charge in [0.15, 0.2) is 0 Å². The van der Waals surface area contributed by atoms with Gasteiger partial charge in [-0.1, -0.05) is 18.2 Å². The molecule has 0 unspecified atom stereocenters. The summed E-state index contributed by atoms with van der Waals surface area (Å²) in [6, 6.07) is 16.7. The number of rotatable bonds is 1. The smallest absolute Gasteiger partial charge is 0.123 e. The average Bonchev–Trinajstić information content (AvgIpc) is 2.73. The number of hydrogen-bond acceptors (Lipinski definition) is 0. The molecule has 2 aromatic carbocycles. The van der Waals surface area contributed by atoms with Crippen molar-refractivity contribution in [2.75, 3.05) is 0 Å². The molecule has 3 aromatic rings. The number of nitrogens with one attached hydrogen (secondary N) is 1. The van der Waals surface area contributed by atoms with Gasteiger partial charge in [-0.05, 0) is 42.0 Å². The Balaban J connectivity index is 2.15. The molecule has 0 aliphatic carbocycles. The second kappa shape index (κ2) is 3.49. The summed E-state index contributed by atoms with van der Waals surface area (Å²) < 4.78 is 12.8. The van der Waals surface area contributed by atoms with Gasteiger partial charge >= 0.3 is 0 Å². The first kappa shape index (κ1) is 9.16. The number of fused-ring (bicyclic) bond motifs is 1. The molecule has 0 radical (unpaired) electrons. The Kier molecular flexibility index (Phi) is 2.00. The Morgan fingerprint density at radius 2 is 1.62 bits per heavy atom. The molecule has 1 heterocycles. The molecule has 78 valence electrons. The van der Waals surface area contributed by atoms with Crippen molar-refractivity contribution < 1.29 is 4.39 Å². The van der Waals surface area contributed by atoms with E-state index >= 15 is 0 Å². The molecule has 0 aliphatic heterocycles. The molecule has 0 amide bonds. The zero-order valence-corrected chi connectivity index (χ0v) is 8.57. The highest BCUT2D eigenvalue weighted by atomic mass is 19.1. The number of aromatic amines is 1. The van der Waals surface area contributed by atoms with Crippen molar-refractivity contribution in [1.29, 1.82) is 0 Å². The highest BCUT2D eigenvalue weighted by Gasteiger charge is 2.02. The van der Waals surface area contributed by atoms with E-state index in [2.05, 4.69) is 17.1 Å². The molecule has 16 heavy (non-hydrogen) atoms. The Hall–Kier alpha value is -2.09. The topological polar surface area (TPSA) is 15.8 Å². The first-order valence-electron chi connectivity index (χ1n) is 5.17. The van der Waals surface area contributed by atoms with Crippen LogP contribution in [0.15, 0.2) is 54.6 Å². The summed E-state index contributed by atoms with van der Waals surface area (Å²) in [5, 5.41) is 1.17. The van der Waals surface area contributed by atoms with Gasteiger partial charge in [-0.25, -0.2) is 4.39 Å². The highest BCUT2D eigenvalue weighted by Crippen LogP contribution is 2.23. The Labute approximate surface area is 92.5 Å². The predicted molar refractivity (Wildman–Crippen MR) is 63.7 cm³/mol. The number of benzene rings is 2. The molecule has 1 nitrogen and oxygen atoms in total. The summed E-state index contributed by atoms with van der Waals surface area (Å²) in [5.74, 6) is -0.208. The zero-order valence-electron chi connectivity index (χ0n) is 8.57. The van der Waals surface area contributed by atoms with Crippen LogP contribution in [0.4, 0.5) is 4.39 Å². The third-order valence-electron chi connectivity index (χ3n) is 2.69. The van der Waals surface area contributed by atoms with E-state index in [0.717, 1.165) is 16.8 Å². The first-order chi connectivity index (χ1) is 7.83. The van der Waals surface area contributed by atoms with Gasteiger partial charge < -0.3 is 4.98 Å². The summed E-state index contributed by atoms with van der Waals surface area (Å²) in [7, 11) is 0. The van der Waals surface area contributed by atoms with Crippen LogP contribution < -0.4 is 0 Å². The molecular weight excluding hydrogens is 201 g/mol. The maximum atomic E-state index is 12.8. The lowest BCUT2D eigenvalue weighted by Crippen LogP contribution is -1.77. The Morgan fingerprint density at radius 1 is 0.875 bits per heavy atom. The van der Waals surface area contributed by atoms with Crippen LogP contribution in [-0.4, -0.2) is 4.98 Å². The summed E-state index contributed by atoms with van der Waals surface area (Å²) in [5.41, 5.74) is 3.11. The van der Waals surface area contributed by atoms with Crippen molar-refractivity contribution in [1.82, 2.24) is 4.98 Å². The van der Waals surface area contributed by atoms with Crippen LogP contribution in [-0.2, 0) is 0 Å². The summed E-state index contributed by atoms with van der Waals surface area (Å²) in [4.78, 5) is 3.31. The molecule has 0 atom stereocenters. The summed E-state index contributed by atoms with van der Waals surface area (Å²) in [6.45, 7) is 0. The number of halogens is 1. The number of H-pyrrole nitrogens is 1. The third-order valence-corrected chi connectivity index (χ3v) is 2.69. The SMILES string of the molecule is Fc1ccc(-c2cc3ccccc3[nH]2)cc1. The van der Waals surface area contributed by atoms with Crippen molar-refractivity contribution in [3.8, 4) is 11.3 Å². The van der Waals surface area contributed by atoms with Crippen LogP contribution in [0.5, 0.6) is 0 Å². The molecule has 1 N–H and O–H groups in total. The van der Waals surface area contributed by atoms with Gasteiger partial charge in [0.2, 0.25) is 0 Å². The molecule has 0 fully saturated rings. The quantitative estimate of drug-likeness (QED) is 0.626. The fourth-order valence-corrected chi connectivity index (χ4v) is 1.86. The van der Waals surface area contributed by atoms with E-state index in [9.17, 15) is 4.39 Å². The van der Waals surface area contributed by atoms with Crippen LogP contribution in [0, 0.1) is 5.82 Å². The van der Waals surface area contributed by atoms with E-state index in [-0.39, 0.29) is 5.82 Å². The van der Waals surface area contributed by atoms with Crippen LogP contribution >= 0.6 is 0 Å². The third kappa shape index (κ3) is 1.48. The van der Waals surface area contributed by atoms with E-state index < -0.39 is 0 Å². The maximum absolute atomic E-state index is 12.8. The minimum atomic E-state index is -0.208. The first-order valence-corrected chi connectivity index (χ1v) is 5.17. The van der Waals surface area contributed by atoms with Gasteiger partial charge in [-0.3, -0.25) is 0 Å². The summed E-state index contributed by atoms with van der Waals surface area (Å²) in [6.07, 6.45) is 0. The van der Waals surface area contributed by atoms with Crippen molar-refractivity contribution in [2.45, 2.75) is 0 Å². The van der Waals surface area contributed by atoms with E-state index in [1.165, 1.54) is 17.5 Å². The van der Waals surface area contributed by atoms with Crippen molar-refractivity contribution in [2.24, 2.45) is 0 Å². The molecular formula is C14H10FN. The molecule has 2 heteroatoms. The van der Waals surface area contributed by atoms with Crippen molar-refractivity contribution in [3.63, 3.8) is 0 Å². The second-order valence-corrected chi connectivity index (χ2v) is 3.78. The van der Waals surface area contributed by atoms with E-state index in [4.69, 9.17) is 0 Å². The van der Waals surface area contributed by atoms with Crippen LogP contribution in [0.3, 0.4) is 0 Å². The van der Waals surface area contributed by atoms with Gasteiger partial charge in [0, 0.05) is 16.6 Å². The Morgan fingerprint density at radius 3 is 2.38 bits per heavy atom. The normalized spacial score (nSPS) is 10.8. The minimum Gasteiger partial charge on any atom is -0.355 e. The van der Waals surface area contributed by atoms with Crippen LogP contribution in [0.1, 0.15) is 0 Å². The molecule has 0 saturated carbocycles. The lowest BCUT2D eigenvalue weighted by atomic mass is 10.1. The van der Waals surface area contributed by atoms with Crippen molar-refractivity contribution in [3.05, 3.63) is 60.4 Å². The lowest BCUT2D eigenvalue weighted by molar-refractivity contribution is 0.628. The van der Waals surface area contributed by atoms with E-state index in [1.807, 2.05) is 18.2 Å². The van der Waals surface area contributed by atoms with E-state index in [1.54, 1.807) is 12.1 Å². The predicted octanol–water partition coefficient (Wildman–Crippen LogP) is 3.97. The molecule has 3 rings (SSSR count). The van der Waals surface area contributed by atoms with Gasteiger partial charge in [0.05, 0.1) is 0 Å². The monoisotopic (exact) mass is 211 g/mol. The lowest BCUT2D eigenvalue weighted by Gasteiger charge is -1.96. The van der Waals surface area contributed by atoms with Crippen LogP contribution in [0.25, 0.3) is 22.2 Å². The Bertz CT molecular complexity index is 590. The van der Waals surface area contributed by atoms with Gasteiger partial charge in [0.1, 0.15) is 5.82 Å². The molecule has 1 aromatic heterocycles. The molecule has 0 spiro atoms. The van der Waals surface area contributed by atoms with E-state index in [0.29, 0.717) is 0 Å². The number of hydrogen-bond donors (Lipinski definition) is 1. The van der Waals surface area contributed by atoms with Crippen molar-refractivity contribution >= 4 is 10.9 Å². The summed E-state index contributed by atoms with van der Waals surface area (Å²) >= 11 is 0. The van der Waals surface area contributed by atoms with Gasteiger partial charge in [-0.2, -0.15) is 0 Å². The zero-order chi connectivity index (χ0) is 11.0. The maximum Gasteiger partial charge on any atom is 0.123 e. The number of aromatic nitrogens is 1. The van der Waals surface area contributed by atoms with Gasteiger partial charge in [-0.15, -0.1) is 0 Å². The second-order valence-electron chi connectivity index (χ2n) is 3.78. The number of para-hydroxylation sites is 1. The van der Waals surface area contributed by atoms with Gasteiger partial charge in [0.25, 0.3) is 0 Å². The fourth-order valence-electron chi connectivity index (χ4n) is 1.86. The minimum absolute atomic E-state index is 0.208.